The molecule has 0 aliphatic carbocycles. The number of para-hydroxylation sites is 1. The second-order valence-electron chi connectivity index (χ2n) is 15.4. The maximum atomic E-state index is 15.1. The van der Waals surface area contributed by atoms with Crippen molar-refractivity contribution in [2.24, 2.45) is 17.3 Å². The minimum atomic E-state index is -1.09. The molecule has 1 N–H and O–H groups in total. The van der Waals surface area contributed by atoms with Gasteiger partial charge in [-0.15, -0.1) is 13.2 Å². The molecule has 5 atom stereocenters. The van der Waals surface area contributed by atoms with Gasteiger partial charge < -0.3 is 24.5 Å². The summed E-state index contributed by atoms with van der Waals surface area (Å²) in [5, 5.41) is 9.29. The van der Waals surface area contributed by atoms with Gasteiger partial charge in [-0.1, -0.05) is 70.9 Å². The van der Waals surface area contributed by atoms with Crippen molar-refractivity contribution in [1.29, 1.82) is 0 Å². The van der Waals surface area contributed by atoms with Gasteiger partial charge in [-0.25, -0.2) is 0 Å². The number of carbonyl (C=O) groups is 3. The van der Waals surface area contributed by atoms with E-state index in [1.807, 2.05) is 42.2 Å². The molecule has 0 saturated carbocycles. The fraction of sp³-hybridized carbons (Fsp3) is 0.658. The maximum absolute atomic E-state index is 15.1. The van der Waals surface area contributed by atoms with Crippen molar-refractivity contribution in [1.82, 2.24) is 9.80 Å². The topological polar surface area (TPSA) is 90.4 Å². The first kappa shape index (κ1) is 35.9. The molecular weight excluding hydrogens is 578 g/mol. The molecule has 3 fully saturated rings. The van der Waals surface area contributed by atoms with E-state index in [-0.39, 0.29) is 29.7 Å². The van der Waals surface area contributed by atoms with Crippen LogP contribution in [0.2, 0.25) is 0 Å². The van der Waals surface area contributed by atoms with Crippen LogP contribution in [0.5, 0.6) is 0 Å². The molecule has 8 heteroatoms. The smallest absolute Gasteiger partial charge is 0.249 e. The van der Waals surface area contributed by atoms with Gasteiger partial charge in [0.1, 0.15) is 11.6 Å². The largest absolute Gasteiger partial charge is 0.396 e. The first-order chi connectivity index (χ1) is 21.7. The van der Waals surface area contributed by atoms with Gasteiger partial charge in [-0.3, -0.25) is 14.4 Å². The monoisotopic (exact) mass is 635 g/mol. The summed E-state index contributed by atoms with van der Waals surface area (Å²) in [6.07, 6.45) is 9.03. The van der Waals surface area contributed by atoms with E-state index in [9.17, 15) is 14.7 Å². The summed E-state index contributed by atoms with van der Waals surface area (Å²) in [6, 6.07) is 8.67. The van der Waals surface area contributed by atoms with Gasteiger partial charge in [-0.05, 0) is 69.9 Å². The lowest BCUT2D eigenvalue weighted by molar-refractivity contribution is -0.157. The second-order valence-corrected chi connectivity index (χ2v) is 15.4. The molecule has 3 aliphatic rings. The zero-order chi connectivity index (χ0) is 33.9. The number of nitrogens with zero attached hydrogens (tertiary/aromatic N) is 3. The average molecular weight is 636 g/mol. The van der Waals surface area contributed by atoms with Crippen LogP contribution in [0, 0.1) is 17.3 Å². The predicted molar refractivity (Wildman–Crippen MR) is 183 cm³/mol. The Kier molecular flexibility index (Phi) is 10.9. The molecule has 2 bridgehead atoms. The van der Waals surface area contributed by atoms with Crippen molar-refractivity contribution >= 4 is 23.4 Å². The molecule has 3 amide bonds. The van der Waals surface area contributed by atoms with Crippen LogP contribution in [0.25, 0.3) is 0 Å². The van der Waals surface area contributed by atoms with Crippen molar-refractivity contribution in [3.05, 3.63) is 55.6 Å². The molecule has 3 heterocycles. The zero-order valence-electron chi connectivity index (χ0n) is 29.1. The second kappa shape index (κ2) is 14.0. The molecule has 3 aliphatic heterocycles. The first-order valence-electron chi connectivity index (χ1n) is 17.2. The van der Waals surface area contributed by atoms with Crippen LogP contribution < -0.4 is 4.90 Å². The third-order valence-corrected chi connectivity index (χ3v) is 10.4. The van der Waals surface area contributed by atoms with Gasteiger partial charge in [0.05, 0.1) is 17.4 Å². The molecular formula is C38H57N3O5. The highest BCUT2D eigenvalue weighted by atomic mass is 16.5. The van der Waals surface area contributed by atoms with Crippen molar-refractivity contribution in [3.63, 3.8) is 0 Å². The van der Waals surface area contributed by atoms with Gasteiger partial charge >= 0.3 is 0 Å². The number of amides is 3. The number of carbonyl (C=O) groups excluding carboxylic acids is 3. The van der Waals surface area contributed by atoms with Gasteiger partial charge in [0, 0.05) is 37.5 Å². The Morgan fingerprint density at radius 3 is 2.24 bits per heavy atom. The van der Waals surface area contributed by atoms with Crippen LogP contribution in [-0.4, -0.2) is 81.7 Å². The molecule has 4 rings (SSSR count). The van der Waals surface area contributed by atoms with E-state index in [2.05, 4.69) is 47.8 Å². The zero-order valence-corrected chi connectivity index (χ0v) is 29.1. The van der Waals surface area contributed by atoms with Crippen molar-refractivity contribution in [3.8, 4) is 0 Å². The SMILES string of the molecule is C=CCN(C(=O)[C@H]1[C@H]2C(=O)N(CCCCCCO)C(C(=O)N(CC=C)C(C)(C)CC(C)(C)C)C23CC[C@]1(CC)O3)c1ccccc1. The molecule has 1 aromatic carbocycles. The average Bonchev–Trinajstić information content (AvgIpc) is 3.60. The maximum Gasteiger partial charge on any atom is 0.249 e. The highest BCUT2D eigenvalue weighted by molar-refractivity contribution is 6.03. The number of hydrogen-bond donors (Lipinski definition) is 1. The molecule has 0 radical (unpaired) electrons. The van der Waals surface area contributed by atoms with Crippen LogP contribution in [0.4, 0.5) is 5.69 Å². The number of aliphatic hydroxyl groups excluding tert-OH is 1. The lowest BCUT2D eigenvalue weighted by Crippen LogP contribution is -2.61. The molecule has 3 saturated heterocycles. The van der Waals surface area contributed by atoms with Crippen LogP contribution in [0.3, 0.4) is 0 Å². The number of anilines is 1. The summed E-state index contributed by atoms with van der Waals surface area (Å²) < 4.78 is 7.10. The third kappa shape index (κ3) is 6.57. The summed E-state index contributed by atoms with van der Waals surface area (Å²) in [6.45, 7) is 21.8. The number of benzene rings is 1. The number of aliphatic hydroxyl groups is 1. The highest BCUT2D eigenvalue weighted by Crippen LogP contribution is 2.65. The Morgan fingerprint density at radius 1 is 1.00 bits per heavy atom. The van der Waals surface area contributed by atoms with Crippen molar-refractivity contribution in [2.75, 3.05) is 31.1 Å². The van der Waals surface area contributed by atoms with E-state index >= 15 is 4.79 Å². The van der Waals surface area contributed by atoms with Gasteiger partial charge in [0.25, 0.3) is 0 Å². The molecule has 254 valence electrons. The number of fused-ring (bicyclic) bond motifs is 1. The standard InChI is InChI=1S/C38H57N3O5/c1-9-23-39(28-19-15-14-16-20-28)32(43)29-30-33(44)40(25-17-12-13-18-26-42)31(38(30)22-21-37(29,11-3)46-38)34(45)41(24-10-2)36(7,8)27-35(4,5)6/h9-10,14-16,19-20,29-31,42H,1-2,11-13,17-18,21-27H2,3-8H3/t29-,30+,31?,37+,38?/m1/s1. The quantitative estimate of drug-likeness (QED) is 0.174. The Balaban J connectivity index is 1.81. The predicted octanol–water partition coefficient (Wildman–Crippen LogP) is 6.14. The fourth-order valence-corrected chi connectivity index (χ4v) is 8.89. The Labute approximate surface area is 276 Å². The summed E-state index contributed by atoms with van der Waals surface area (Å²) in [4.78, 5) is 49.9. The Morgan fingerprint density at radius 2 is 1.65 bits per heavy atom. The van der Waals surface area contributed by atoms with Crippen LogP contribution in [0.15, 0.2) is 55.6 Å². The number of unbranched alkanes of at least 4 members (excludes halogenated alkanes) is 3. The lowest BCUT2D eigenvalue weighted by atomic mass is 9.64. The van der Waals surface area contributed by atoms with Gasteiger partial charge in [-0.2, -0.15) is 0 Å². The number of ether oxygens (including phenoxy) is 1. The van der Waals surface area contributed by atoms with Crippen LogP contribution >= 0.6 is 0 Å². The van der Waals surface area contributed by atoms with E-state index in [1.165, 1.54) is 0 Å². The molecule has 46 heavy (non-hydrogen) atoms. The first-order valence-corrected chi connectivity index (χ1v) is 17.2. The molecule has 0 aromatic heterocycles. The Bertz CT molecular complexity index is 1270. The lowest BCUT2D eigenvalue weighted by Gasteiger charge is -2.45. The third-order valence-electron chi connectivity index (χ3n) is 10.4. The van der Waals surface area contributed by atoms with E-state index < -0.39 is 34.6 Å². The summed E-state index contributed by atoms with van der Waals surface area (Å²) in [5.41, 5.74) is -1.74. The summed E-state index contributed by atoms with van der Waals surface area (Å²) >= 11 is 0. The normalized spacial score (nSPS) is 27.1. The fourth-order valence-electron chi connectivity index (χ4n) is 8.89. The van der Waals surface area contributed by atoms with Crippen LogP contribution in [-0.2, 0) is 19.1 Å². The molecule has 1 spiro atoms. The summed E-state index contributed by atoms with van der Waals surface area (Å²) in [5.74, 6) is -1.92. The van der Waals surface area contributed by atoms with E-state index in [0.717, 1.165) is 24.9 Å². The highest BCUT2D eigenvalue weighted by Gasteiger charge is 2.79. The number of rotatable bonds is 16. The minimum Gasteiger partial charge on any atom is -0.396 e. The molecule has 2 unspecified atom stereocenters. The Hall–Kier alpha value is -2.97. The summed E-state index contributed by atoms with van der Waals surface area (Å²) in [7, 11) is 0. The molecule has 1 aromatic rings. The van der Waals surface area contributed by atoms with E-state index in [4.69, 9.17) is 4.74 Å². The van der Waals surface area contributed by atoms with Gasteiger partial charge in [0.15, 0.2) is 0 Å². The van der Waals surface area contributed by atoms with Crippen molar-refractivity contribution < 1.29 is 24.2 Å². The number of likely N-dealkylation sites (tertiary alicyclic amines) is 1. The number of hydrogen-bond acceptors (Lipinski definition) is 5. The van der Waals surface area contributed by atoms with E-state index in [0.29, 0.717) is 51.7 Å². The van der Waals surface area contributed by atoms with Crippen LogP contribution in [0.1, 0.15) is 92.9 Å². The van der Waals surface area contributed by atoms with Crippen molar-refractivity contribution in [2.45, 2.75) is 116 Å². The van der Waals surface area contributed by atoms with Gasteiger partial charge in [0.2, 0.25) is 17.7 Å². The molecule has 8 nitrogen and oxygen atoms in total. The van der Waals surface area contributed by atoms with E-state index in [1.54, 1.807) is 22.0 Å². The minimum absolute atomic E-state index is 0.0416.